The van der Waals surface area contributed by atoms with Crippen LogP contribution in [-0.2, 0) is 0 Å². The summed E-state index contributed by atoms with van der Waals surface area (Å²) in [5.74, 6) is -0.405. The smallest absolute Gasteiger partial charge is 0.336 e. The van der Waals surface area contributed by atoms with Crippen LogP contribution < -0.4 is 10.3 Å². The van der Waals surface area contributed by atoms with Gasteiger partial charge in [0, 0.05) is 48.4 Å². The Morgan fingerprint density at radius 1 is 0.966 bits per heavy atom. The van der Waals surface area contributed by atoms with E-state index in [-0.39, 0.29) is 5.56 Å². The highest BCUT2D eigenvalue weighted by atomic mass is 16.4. The maximum absolute atomic E-state index is 12.1. The van der Waals surface area contributed by atoms with Gasteiger partial charge in [0.15, 0.2) is 0 Å². The number of aryl methyl sites for hydroxylation is 2. The Morgan fingerprint density at radius 3 is 2.38 bits per heavy atom. The van der Waals surface area contributed by atoms with Gasteiger partial charge in [0.2, 0.25) is 0 Å². The fraction of sp³-hybridized carbons (Fsp3) is 0.167. The number of nitrogens with one attached hydrogen (secondary N) is 1. The molecular weight excluding hydrogens is 364 g/mol. The Kier molecular flexibility index (Phi) is 4.38. The van der Waals surface area contributed by atoms with E-state index in [1.807, 2.05) is 63.2 Å². The molecule has 0 spiro atoms. The second-order valence-corrected chi connectivity index (χ2v) is 7.55. The first-order valence-electron chi connectivity index (χ1n) is 9.33. The zero-order valence-electron chi connectivity index (χ0n) is 16.8. The van der Waals surface area contributed by atoms with Crippen molar-refractivity contribution in [2.75, 3.05) is 19.0 Å². The largest absolute Gasteiger partial charge is 0.478 e. The lowest BCUT2D eigenvalue weighted by atomic mass is 9.88. The number of hydrogen-bond acceptors (Lipinski definition) is 4. The van der Waals surface area contributed by atoms with E-state index < -0.39 is 5.97 Å². The third-order valence-corrected chi connectivity index (χ3v) is 5.36. The number of carboxylic acids is 1. The van der Waals surface area contributed by atoms with Gasteiger partial charge in [-0.15, -0.1) is 0 Å². The number of carbonyl (C=O) groups is 1. The summed E-state index contributed by atoms with van der Waals surface area (Å²) in [5.41, 5.74) is 6.10. The van der Waals surface area contributed by atoms with Gasteiger partial charge in [-0.05, 0) is 60.9 Å². The second-order valence-electron chi connectivity index (χ2n) is 7.55. The van der Waals surface area contributed by atoms with E-state index in [9.17, 15) is 9.90 Å². The second kappa shape index (κ2) is 6.78. The average Bonchev–Trinajstić information content (AvgIpc) is 2.67. The number of rotatable bonds is 3. The Morgan fingerprint density at radius 2 is 1.69 bits per heavy atom. The lowest BCUT2D eigenvalue weighted by Gasteiger charge is -2.19. The zero-order valence-corrected chi connectivity index (χ0v) is 16.8. The van der Waals surface area contributed by atoms with Gasteiger partial charge in [-0.25, -0.2) is 4.79 Å². The highest BCUT2D eigenvalue weighted by Gasteiger charge is 2.22. The van der Waals surface area contributed by atoms with Crippen molar-refractivity contribution in [1.29, 1.82) is 5.41 Å². The van der Waals surface area contributed by atoms with Crippen molar-refractivity contribution in [3.05, 3.63) is 70.6 Å². The Bertz CT molecular complexity index is 1300. The van der Waals surface area contributed by atoms with E-state index >= 15 is 0 Å². The summed E-state index contributed by atoms with van der Waals surface area (Å²) in [6, 6.07) is 14.8. The number of aromatic carboxylic acids is 1. The first-order valence-corrected chi connectivity index (χ1v) is 9.33. The lowest BCUT2D eigenvalue weighted by molar-refractivity contribution is 0.0697. The van der Waals surface area contributed by atoms with Crippen molar-refractivity contribution in [3.8, 4) is 22.5 Å². The minimum atomic E-state index is -0.966. The van der Waals surface area contributed by atoms with Crippen molar-refractivity contribution in [3.63, 3.8) is 0 Å². The van der Waals surface area contributed by atoms with Crippen LogP contribution >= 0.6 is 0 Å². The molecule has 5 heteroatoms. The molecule has 0 radical (unpaired) electrons. The van der Waals surface area contributed by atoms with Crippen molar-refractivity contribution >= 4 is 22.6 Å². The predicted octanol–water partition coefficient (Wildman–Crippen LogP) is 5.07. The van der Waals surface area contributed by atoms with E-state index in [0.29, 0.717) is 22.3 Å². The molecule has 1 aliphatic heterocycles. The third-order valence-electron chi connectivity index (χ3n) is 5.36. The van der Waals surface area contributed by atoms with E-state index in [4.69, 9.17) is 9.83 Å². The molecule has 146 valence electrons. The Balaban J connectivity index is 2.20. The molecule has 0 saturated carbocycles. The summed E-state index contributed by atoms with van der Waals surface area (Å²) in [7, 11) is 3.91. The molecule has 2 aromatic carbocycles. The summed E-state index contributed by atoms with van der Waals surface area (Å²) in [6.07, 6.45) is 0. The fourth-order valence-corrected chi connectivity index (χ4v) is 3.65. The Labute approximate surface area is 168 Å². The molecular formula is C24H22N2O3. The topological polar surface area (TPSA) is 77.5 Å². The van der Waals surface area contributed by atoms with Crippen molar-refractivity contribution in [2.24, 2.45) is 0 Å². The molecule has 2 N–H and O–H groups in total. The predicted molar refractivity (Wildman–Crippen MR) is 115 cm³/mol. The van der Waals surface area contributed by atoms with Gasteiger partial charge in [0.25, 0.3) is 0 Å². The molecule has 0 atom stereocenters. The highest BCUT2D eigenvalue weighted by Crippen LogP contribution is 2.42. The summed E-state index contributed by atoms with van der Waals surface area (Å²) in [4.78, 5) is 14.1. The van der Waals surface area contributed by atoms with Crippen LogP contribution in [0, 0.1) is 19.3 Å². The van der Waals surface area contributed by atoms with Crippen LogP contribution in [0.25, 0.3) is 33.4 Å². The summed E-state index contributed by atoms with van der Waals surface area (Å²) >= 11 is 0. The van der Waals surface area contributed by atoms with Crippen LogP contribution in [0.3, 0.4) is 0 Å². The fourth-order valence-electron chi connectivity index (χ4n) is 3.65. The molecule has 0 fully saturated rings. The normalized spacial score (nSPS) is 11.2. The molecule has 29 heavy (non-hydrogen) atoms. The molecule has 4 rings (SSSR count). The molecule has 0 aromatic heterocycles. The van der Waals surface area contributed by atoms with Crippen LogP contribution in [0.1, 0.15) is 21.5 Å². The summed E-state index contributed by atoms with van der Waals surface area (Å²) in [6.45, 7) is 3.89. The lowest BCUT2D eigenvalue weighted by Crippen LogP contribution is -2.08. The molecule has 0 saturated heterocycles. The third kappa shape index (κ3) is 3.14. The number of nitrogens with zero attached hydrogens (tertiary/aromatic N) is 1. The quantitative estimate of drug-likeness (QED) is 0.482. The minimum Gasteiger partial charge on any atom is -0.478 e. The van der Waals surface area contributed by atoms with Crippen molar-refractivity contribution in [2.45, 2.75) is 13.8 Å². The maximum Gasteiger partial charge on any atom is 0.336 e. The molecule has 0 unspecified atom stereocenters. The number of hydrogen-bond donors (Lipinski definition) is 2. The van der Waals surface area contributed by atoms with Crippen LogP contribution in [0.2, 0.25) is 0 Å². The van der Waals surface area contributed by atoms with Crippen molar-refractivity contribution < 1.29 is 14.3 Å². The monoisotopic (exact) mass is 386 g/mol. The van der Waals surface area contributed by atoms with Gasteiger partial charge in [0.1, 0.15) is 11.3 Å². The molecule has 2 aromatic rings. The summed E-state index contributed by atoms with van der Waals surface area (Å²) < 4.78 is 6.14. The standard InChI is InChI=1S/C24H22N2O3/c1-13-9-19(20(24(27)28)10-14(13)2)23-17-7-5-15(25)11-21(17)29-22-12-16(26(3)4)6-8-18(22)23/h5-12,25H,1-4H3,(H,27,28). The van der Waals surface area contributed by atoms with Gasteiger partial charge in [0.05, 0.1) is 10.9 Å². The molecule has 0 amide bonds. The van der Waals surface area contributed by atoms with Crippen molar-refractivity contribution in [1.82, 2.24) is 0 Å². The molecule has 0 bridgehead atoms. The van der Waals surface area contributed by atoms with Gasteiger partial charge < -0.3 is 19.8 Å². The van der Waals surface area contributed by atoms with Gasteiger partial charge in [-0.3, -0.25) is 0 Å². The zero-order chi connectivity index (χ0) is 20.9. The van der Waals surface area contributed by atoms with Crippen LogP contribution in [0.4, 0.5) is 5.69 Å². The number of carboxylic acid groups (broad SMARTS) is 1. The van der Waals surface area contributed by atoms with Gasteiger partial charge >= 0.3 is 5.97 Å². The van der Waals surface area contributed by atoms with Gasteiger partial charge in [-0.1, -0.05) is 6.07 Å². The molecule has 2 aliphatic rings. The number of anilines is 1. The van der Waals surface area contributed by atoms with Crippen LogP contribution in [0.15, 0.2) is 52.9 Å². The molecule has 1 aliphatic carbocycles. The van der Waals surface area contributed by atoms with E-state index in [1.165, 1.54) is 0 Å². The molecule has 5 nitrogen and oxygen atoms in total. The van der Waals surface area contributed by atoms with E-state index in [0.717, 1.165) is 33.3 Å². The first kappa shape index (κ1) is 18.7. The minimum absolute atomic E-state index is 0.258. The highest BCUT2D eigenvalue weighted by molar-refractivity contribution is 6.08. The van der Waals surface area contributed by atoms with Crippen LogP contribution in [0.5, 0.6) is 0 Å². The number of fused-ring (bicyclic) bond motifs is 2. The van der Waals surface area contributed by atoms with Gasteiger partial charge in [-0.2, -0.15) is 0 Å². The average molecular weight is 386 g/mol. The van der Waals surface area contributed by atoms with E-state index in [1.54, 1.807) is 18.2 Å². The summed E-state index contributed by atoms with van der Waals surface area (Å²) in [5, 5.41) is 19.0. The Hall–Kier alpha value is -3.60. The molecule has 1 heterocycles. The number of benzene rings is 3. The SMILES string of the molecule is Cc1cc(C(=O)O)c(-c2c3ccc(=N)cc-3oc3cc(N(C)C)ccc23)cc1C. The van der Waals surface area contributed by atoms with Crippen LogP contribution in [-0.4, -0.2) is 25.2 Å². The first-order chi connectivity index (χ1) is 13.8. The van der Waals surface area contributed by atoms with E-state index in [2.05, 4.69) is 0 Å². The maximum atomic E-state index is 12.1.